The predicted octanol–water partition coefficient (Wildman–Crippen LogP) is 12.1. The minimum Gasteiger partial charge on any atom is -0.481 e. The van der Waals surface area contributed by atoms with Gasteiger partial charge in [-0.2, -0.15) is 0 Å². The maximum absolute atomic E-state index is 12.6. The van der Waals surface area contributed by atoms with Crippen molar-refractivity contribution in [1.29, 1.82) is 0 Å². The van der Waals surface area contributed by atoms with Crippen molar-refractivity contribution >= 4 is 11.9 Å². The van der Waals surface area contributed by atoms with Crippen LogP contribution in [-0.4, -0.2) is 87.4 Å². The number of hydrogen-bond donors (Lipinski definition) is 1. The normalized spacial score (nSPS) is 12.5. The van der Waals surface area contributed by atoms with Gasteiger partial charge >= 0.3 is 11.9 Å². The minimum atomic E-state index is -0.737. The van der Waals surface area contributed by atoms with Gasteiger partial charge in [0.1, 0.15) is 0 Å². The van der Waals surface area contributed by atoms with Gasteiger partial charge in [-0.05, 0) is 98.4 Å². The summed E-state index contributed by atoms with van der Waals surface area (Å²) < 4.78 is 10.5. The molecule has 0 unspecified atom stereocenters. The van der Waals surface area contributed by atoms with Crippen LogP contribution in [0.3, 0.4) is 0 Å². The Labute approximate surface area is 314 Å². The second-order valence-electron chi connectivity index (χ2n) is 14.7. The van der Waals surface area contributed by atoms with Gasteiger partial charge in [-0.15, -0.1) is 0 Å². The van der Waals surface area contributed by atoms with Crippen LogP contribution in [0, 0.1) is 11.3 Å². The Morgan fingerprint density at radius 3 is 1.66 bits per heavy atom. The summed E-state index contributed by atoms with van der Waals surface area (Å²) in [6.45, 7) is 25.1. The fraction of sp³-hybridized carbons (Fsp3) is 0.953. The van der Waals surface area contributed by atoms with Crippen LogP contribution in [0.1, 0.15) is 197 Å². The molecule has 7 nitrogen and oxygen atoms in total. The van der Waals surface area contributed by atoms with Crippen molar-refractivity contribution in [3.63, 3.8) is 0 Å². The van der Waals surface area contributed by atoms with Gasteiger partial charge in [0.2, 0.25) is 0 Å². The third-order valence-electron chi connectivity index (χ3n) is 8.67. The van der Waals surface area contributed by atoms with Crippen molar-refractivity contribution in [3.05, 3.63) is 0 Å². The number of nitrogens with zero attached hydrogens (tertiary/aromatic N) is 2. The van der Waals surface area contributed by atoms with Gasteiger partial charge in [0, 0.05) is 20.3 Å². The molecule has 0 radical (unpaired) electrons. The molecule has 0 aromatic carbocycles. The van der Waals surface area contributed by atoms with Crippen LogP contribution in [-0.2, 0) is 19.1 Å². The van der Waals surface area contributed by atoms with E-state index in [1.807, 2.05) is 32.8 Å². The highest BCUT2D eigenvalue weighted by Gasteiger charge is 2.28. The third-order valence-corrected chi connectivity index (χ3v) is 8.67. The highest BCUT2D eigenvalue weighted by Crippen LogP contribution is 2.27. The SMILES string of the molecule is CC.CCC.CCCCCC(CCCCC)CCCOC(=O)C(C)(C)CCCCCCN1CCCC1.CCCCOC.CN(C)CCC(=O)O. The first-order valence-electron chi connectivity index (χ1n) is 21.2. The zero-order valence-electron chi connectivity index (χ0n) is 36.1. The van der Waals surface area contributed by atoms with Crippen molar-refractivity contribution < 1.29 is 24.2 Å². The van der Waals surface area contributed by atoms with E-state index in [2.05, 4.69) is 53.4 Å². The van der Waals surface area contributed by atoms with E-state index in [4.69, 9.17) is 14.6 Å². The average molecular weight is 717 g/mol. The lowest BCUT2D eigenvalue weighted by molar-refractivity contribution is -0.154. The summed E-state index contributed by atoms with van der Waals surface area (Å²) >= 11 is 0. The number of rotatable bonds is 26. The first-order chi connectivity index (χ1) is 23.9. The van der Waals surface area contributed by atoms with E-state index in [1.165, 1.54) is 129 Å². The summed E-state index contributed by atoms with van der Waals surface area (Å²) in [5.41, 5.74) is -0.337. The maximum atomic E-state index is 12.6. The summed E-state index contributed by atoms with van der Waals surface area (Å²) in [5, 5.41) is 8.14. The number of carbonyl (C=O) groups is 2. The molecule has 0 bridgehead atoms. The molecule has 1 N–H and O–H groups in total. The molecule has 1 rings (SSSR count). The maximum Gasteiger partial charge on any atom is 0.311 e. The average Bonchev–Trinajstić information content (AvgIpc) is 3.61. The van der Waals surface area contributed by atoms with Crippen LogP contribution < -0.4 is 0 Å². The summed E-state index contributed by atoms with van der Waals surface area (Å²) in [7, 11) is 5.43. The molecule has 0 saturated carbocycles. The van der Waals surface area contributed by atoms with E-state index in [-0.39, 0.29) is 17.8 Å². The fourth-order valence-electron chi connectivity index (χ4n) is 5.50. The van der Waals surface area contributed by atoms with Crippen molar-refractivity contribution in [2.75, 3.05) is 60.6 Å². The predicted molar refractivity (Wildman–Crippen MR) is 219 cm³/mol. The van der Waals surface area contributed by atoms with Crippen LogP contribution in [0.15, 0.2) is 0 Å². The molecule has 0 atom stereocenters. The Morgan fingerprint density at radius 2 is 1.24 bits per heavy atom. The molecule has 0 aromatic rings. The fourth-order valence-corrected chi connectivity index (χ4v) is 5.50. The number of hydrogen-bond acceptors (Lipinski definition) is 6. The molecule has 1 fully saturated rings. The number of carbonyl (C=O) groups excluding carboxylic acids is 1. The highest BCUT2D eigenvalue weighted by molar-refractivity contribution is 5.75. The monoisotopic (exact) mass is 717 g/mol. The van der Waals surface area contributed by atoms with Crippen LogP contribution in [0.4, 0.5) is 0 Å². The number of carboxylic acid groups (broad SMARTS) is 1. The van der Waals surface area contributed by atoms with Crippen molar-refractivity contribution in [2.45, 2.75) is 197 Å². The molecule has 1 heterocycles. The Kier molecular flexibility index (Phi) is 48.9. The molecule has 304 valence electrons. The molecule has 1 saturated heterocycles. The number of esters is 1. The summed E-state index contributed by atoms with van der Waals surface area (Å²) in [4.78, 5) is 26.9. The number of ether oxygens (including phenoxy) is 2. The second kappa shape index (κ2) is 44.0. The van der Waals surface area contributed by atoms with Gasteiger partial charge in [0.25, 0.3) is 0 Å². The zero-order chi connectivity index (χ0) is 38.9. The highest BCUT2D eigenvalue weighted by atomic mass is 16.5. The quantitative estimate of drug-likeness (QED) is 0.0705. The van der Waals surface area contributed by atoms with E-state index in [0.29, 0.717) is 13.2 Å². The van der Waals surface area contributed by atoms with Crippen molar-refractivity contribution in [3.8, 4) is 0 Å². The van der Waals surface area contributed by atoms with E-state index in [0.717, 1.165) is 31.8 Å². The first-order valence-corrected chi connectivity index (χ1v) is 21.2. The van der Waals surface area contributed by atoms with E-state index in [1.54, 1.807) is 7.11 Å². The van der Waals surface area contributed by atoms with Gasteiger partial charge < -0.3 is 24.4 Å². The Hall–Kier alpha value is -1.18. The minimum absolute atomic E-state index is 0.0121. The number of unbranched alkanes of at least 4 members (excludes halogenated alkanes) is 8. The second-order valence-corrected chi connectivity index (χ2v) is 14.7. The van der Waals surface area contributed by atoms with Gasteiger partial charge in [-0.1, -0.05) is 132 Å². The van der Waals surface area contributed by atoms with Crippen LogP contribution in [0.5, 0.6) is 0 Å². The lowest BCUT2D eigenvalue weighted by Gasteiger charge is -2.23. The Balaban J connectivity index is -0.000000454. The molecule has 1 aliphatic heterocycles. The number of carboxylic acids is 1. The molecular formula is C43H92N2O5. The van der Waals surface area contributed by atoms with Gasteiger partial charge in [0.15, 0.2) is 0 Å². The number of aliphatic carboxylic acids is 1. The van der Waals surface area contributed by atoms with Crippen LogP contribution in [0.2, 0.25) is 0 Å². The number of likely N-dealkylation sites (tertiary alicyclic amines) is 1. The lowest BCUT2D eigenvalue weighted by atomic mass is 9.87. The summed E-state index contributed by atoms with van der Waals surface area (Å²) in [5.74, 6) is 0.0992. The molecule has 7 heteroatoms. The van der Waals surface area contributed by atoms with Crippen LogP contribution >= 0.6 is 0 Å². The first kappa shape index (κ1) is 55.6. The molecule has 1 aliphatic rings. The van der Waals surface area contributed by atoms with Crippen molar-refractivity contribution in [1.82, 2.24) is 9.80 Å². The van der Waals surface area contributed by atoms with Gasteiger partial charge in [0.05, 0.1) is 18.4 Å². The standard InChI is InChI=1S/C28H55NO2.C5H11NO2.C5H12O.C3H8.C2H6/c1-5-7-11-18-26(19-12-8-6-2)20-17-25-31-27(30)28(3,4)21-13-9-10-14-22-29-23-15-16-24-29;1-6(2)4-3-5(7)8;1-3-4-5-6-2;1-3-2;1-2/h26H,5-25H2,1-4H3;3-4H2,1-2H3,(H,7,8);3-5H2,1-2H3;3H2,1-2H3;1-2H3. The largest absolute Gasteiger partial charge is 0.481 e. The third kappa shape index (κ3) is 44.8. The summed E-state index contributed by atoms with van der Waals surface area (Å²) in [6, 6.07) is 0. The van der Waals surface area contributed by atoms with E-state index < -0.39 is 5.97 Å². The van der Waals surface area contributed by atoms with E-state index >= 15 is 0 Å². The Morgan fingerprint density at radius 1 is 0.740 bits per heavy atom. The smallest absolute Gasteiger partial charge is 0.311 e. The lowest BCUT2D eigenvalue weighted by Crippen LogP contribution is -2.27. The summed E-state index contributed by atoms with van der Waals surface area (Å²) in [6.07, 6.45) is 25.6. The molecule has 50 heavy (non-hydrogen) atoms. The van der Waals surface area contributed by atoms with Gasteiger partial charge in [-0.3, -0.25) is 9.59 Å². The Bertz CT molecular complexity index is 652. The topological polar surface area (TPSA) is 79.3 Å². The zero-order valence-corrected chi connectivity index (χ0v) is 36.1. The van der Waals surface area contributed by atoms with Crippen LogP contribution in [0.25, 0.3) is 0 Å². The molecule has 0 aromatic heterocycles. The van der Waals surface area contributed by atoms with Gasteiger partial charge in [-0.25, -0.2) is 0 Å². The molecule has 0 spiro atoms. The molecular weight excluding hydrogens is 624 g/mol. The van der Waals surface area contributed by atoms with Crippen molar-refractivity contribution in [2.24, 2.45) is 11.3 Å². The molecule has 0 aliphatic carbocycles. The van der Waals surface area contributed by atoms with E-state index in [9.17, 15) is 9.59 Å². The molecule has 0 amide bonds. The number of methoxy groups -OCH3 is 1.